The highest BCUT2D eigenvalue weighted by Crippen LogP contribution is 2.19. The maximum Gasteiger partial charge on any atom is 0.271 e. The quantitative estimate of drug-likeness (QED) is 0.435. The van der Waals surface area contributed by atoms with Crippen molar-refractivity contribution < 1.29 is 4.79 Å². The summed E-state index contributed by atoms with van der Waals surface area (Å²) in [6, 6.07) is 23.3. The number of aromatic nitrogens is 2. The van der Waals surface area contributed by atoms with Gasteiger partial charge in [-0.15, -0.1) is 0 Å². The number of nitrogens with zero attached hydrogens (tertiary/aromatic N) is 2. The molecule has 0 saturated carbocycles. The van der Waals surface area contributed by atoms with Crippen LogP contribution in [0.2, 0.25) is 0 Å². The van der Waals surface area contributed by atoms with Crippen molar-refractivity contribution in [3.63, 3.8) is 0 Å². The minimum atomic E-state index is -0.253. The van der Waals surface area contributed by atoms with Gasteiger partial charge in [-0.1, -0.05) is 60.7 Å². The normalized spacial score (nSPS) is 11.1. The van der Waals surface area contributed by atoms with Gasteiger partial charge in [0.1, 0.15) is 0 Å². The lowest BCUT2D eigenvalue weighted by Crippen LogP contribution is -2.17. The van der Waals surface area contributed by atoms with Crippen LogP contribution in [0.5, 0.6) is 0 Å². The molecule has 2 N–H and O–H groups in total. The lowest BCUT2D eigenvalue weighted by atomic mass is 10.1. The molecule has 0 aliphatic rings. The Balaban J connectivity index is 1.50. The number of H-pyrrole nitrogens is 1. The zero-order chi connectivity index (χ0) is 17.8. The highest BCUT2D eigenvalue weighted by molar-refractivity contribution is 5.99. The summed E-state index contributed by atoms with van der Waals surface area (Å²) in [5.41, 5.74) is 5.80. The van der Waals surface area contributed by atoms with E-state index in [4.69, 9.17) is 0 Å². The molecule has 5 heteroatoms. The third-order valence-corrected chi connectivity index (χ3v) is 4.11. The minimum Gasteiger partial charge on any atom is -0.277 e. The topological polar surface area (TPSA) is 70.1 Å². The van der Waals surface area contributed by atoms with Crippen LogP contribution in [-0.4, -0.2) is 22.3 Å². The molecular weight excluding hydrogens is 324 g/mol. The van der Waals surface area contributed by atoms with Gasteiger partial charge in [0.05, 0.1) is 18.1 Å². The van der Waals surface area contributed by atoms with Crippen LogP contribution in [0.4, 0.5) is 0 Å². The third-order valence-electron chi connectivity index (χ3n) is 4.11. The summed E-state index contributed by atoms with van der Waals surface area (Å²) in [7, 11) is 0. The second-order valence-electron chi connectivity index (χ2n) is 5.83. The first-order valence-electron chi connectivity index (χ1n) is 8.22. The molecule has 1 heterocycles. The Morgan fingerprint density at radius 1 is 0.962 bits per heavy atom. The number of hydrogen-bond acceptors (Lipinski definition) is 3. The highest BCUT2D eigenvalue weighted by atomic mass is 16.2. The molecule has 1 amide bonds. The molecule has 0 fully saturated rings. The van der Waals surface area contributed by atoms with Gasteiger partial charge in [0.25, 0.3) is 5.91 Å². The van der Waals surface area contributed by atoms with Crippen molar-refractivity contribution >= 4 is 22.9 Å². The summed E-state index contributed by atoms with van der Waals surface area (Å²) >= 11 is 0. The maximum absolute atomic E-state index is 12.3. The first kappa shape index (κ1) is 15.8. The van der Waals surface area contributed by atoms with Gasteiger partial charge in [-0.05, 0) is 22.9 Å². The largest absolute Gasteiger partial charge is 0.277 e. The van der Waals surface area contributed by atoms with Gasteiger partial charge in [0.2, 0.25) is 0 Å². The molecule has 0 saturated heterocycles. The fourth-order valence-corrected chi connectivity index (χ4v) is 2.78. The van der Waals surface area contributed by atoms with E-state index in [0.717, 1.165) is 27.6 Å². The second-order valence-corrected chi connectivity index (χ2v) is 5.83. The monoisotopic (exact) mass is 340 g/mol. The predicted molar refractivity (Wildman–Crippen MR) is 103 cm³/mol. The number of amides is 1. The van der Waals surface area contributed by atoms with E-state index < -0.39 is 0 Å². The van der Waals surface area contributed by atoms with E-state index in [2.05, 4.69) is 20.7 Å². The highest BCUT2D eigenvalue weighted by Gasteiger charge is 2.07. The first-order valence-corrected chi connectivity index (χ1v) is 8.22. The lowest BCUT2D eigenvalue weighted by Gasteiger charge is -2.02. The van der Waals surface area contributed by atoms with Crippen LogP contribution in [0.1, 0.15) is 15.9 Å². The molecule has 0 aliphatic heterocycles. The Morgan fingerprint density at radius 3 is 2.58 bits per heavy atom. The summed E-state index contributed by atoms with van der Waals surface area (Å²) in [5, 5.41) is 13.2. The zero-order valence-electron chi connectivity index (χ0n) is 13.9. The number of rotatable bonds is 4. The number of carbonyl (C=O) groups excluding carboxylic acids is 1. The number of benzene rings is 3. The van der Waals surface area contributed by atoms with Crippen LogP contribution in [0.15, 0.2) is 84.1 Å². The Kier molecular flexibility index (Phi) is 4.26. The van der Waals surface area contributed by atoms with Crippen molar-refractivity contribution in [1.82, 2.24) is 15.6 Å². The van der Waals surface area contributed by atoms with Crippen molar-refractivity contribution in [3.8, 4) is 11.3 Å². The molecule has 0 bridgehead atoms. The van der Waals surface area contributed by atoms with Crippen molar-refractivity contribution in [2.75, 3.05) is 0 Å². The van der Waals surface area contributed by atoms with Gasteiger partial charge in [-0.3, -0.25) is 9.89 Å². The molecule has 4 aromatic rings. The number of carbonyl (C=O) groups is 1. The Hall–Kier alpha value is -3.73. The van der Waals surface area contributed by atoms with Crippen LogP contribution in [0.3, 0.4) is 0 Å². The molecule has 0 spiro atoms. The van der Waals surface area contributed by atoms with Crippen LogP contribution in [0.25, 0.3) is 22.0 Å². The smallest absolute Gasteiger partial charge is 0.271 e. The third kappa shape index (κ3) is 3.23. The van der Waals surface area contributed by atoms with E-state index in [1.807, 2.05) is 66.7 Å². The van der Waals surface area contributed by atoms with Gasteiger partial charge in [-0.25, -0.2) is 5.43 Å². The van der Waals surface area contributed by atoms with E-state index >= 15 is 0 Å². The second kappa shape index (κ2) is 7.03. The van der Waals surface area contributed by atoms with Gasteiger partial charge < -0.3 is 0 Å². The van der Waals surface area contributed by atoms with Crippen LogP contribution < -0.4 is 5.43 Å². The summed E-state index contributed by atoms with van der Waals surface area (Å²) in [6.45, 7) is 0. The van der Waals surface area contributed by atoms with Gasteiger partial charge in [0, 0.05) is 16.7 Å². The molecule has 26 heavy (non-hydrogen) atoms. The van der Waals surface area contributed by atoms with Crippen LogP contribution in [0, 0.1) is 0 Å². The van der Waals surface area contributed by atoms with E-state index in [0.29, 0.717) is 5.56 Å². The summed E-state index contributed by atoms with van der Waals surface area (Å²) in [4.78, 5) is 12.3. The standard InChI is InChI=1S/C21H16N4O/c26-21(18-11-10-15-6-4-5-9-17(15)12-18)25-23-14-19-13-22-24-20(19)16-7-2-1-3-8-16/h1-14H,(H,22,24)(H,25,26)/b23-14-. The number of fused-ring (bicyclic) bond motifs is 1. The lowest BCUT2D eigenvalue weighted by molar-refractivity contribution is 0.0955. The fraction of sp³-hybridized carbons (Fsp3) is 0. The molecule has 3 aromatic carbocycles. The van der Waals surface area contributed by atoms with E-state index in [9.17, 15) is 4.79 Å². The van der Waals surface area contributed by atoms with E-state index in [1.54, 1.807) is 18.5 Å². The SMILES string of the molecule is O=C(N/N=C\c1cn[nH]c1-c1ccccc1)c1ccc2ccccc2c1. The van der Waals surface area contributed by atoms with E-state index in [1.165, 1.54) is 0 Å². The van der Waals surface area contributed by atoms with Crippen LogP contribution >= 0.6 is 0 Å². The maximum atomic E-state index is 12.3. The number of hydrazone groups is 1. The summed E-state index contributed by atoms with van der Waals surface area (Å²) < 4.78 is 0. The van der Waals surface area contributed by atoms with E-state index in [-0.39, 0.29) is 5.91 Å². The van der Waals surface area contributed by atoms with Crippen LogP contribution in [-0.2, 0) is 0 Å². The van der Waals surface area contributed by atoms with Gasteiger partial charge >= 0.3 is 0 Å². The van der Waals surface area contributed by atoms with Crippen molar-refractivity contribution in [2.45, 2.75) is 0 Å². The molecule has 0 radical (unpaired) electrons. The molecule has 0 aliphatic carbocycles. The number of nitrogens with one attached hydrogen (secondary N) is 2. The average molecular weight is 340 g/mol. The molecule has 126 valence electrons. The van der Waals surface area contributed by atoms with Crippen molar-refractivity contribution in [3.05, 3.63) is 90.1 Å². The summed E-state index contributed by atoms with van der Waals surface area (Å²) in [6.07, 6.45) is 3.26. The number of aromatic amines is 1. The Morgan fingerprint density at radius 2 is 1.73 bits per heavy atom. The van der Waals surface area contributed by atoms with Crippen molar-refractivity contribution in [2.24, 2.45) is 5.10 Å². The number of hydrogen-bond donors (Lipinski definition) is 2. The van der Waals surface area contributed by atoms with Gasteiger partial charge in [0.15, 0.2) is 0 Å². The molecule has 1 aromatic heterocycles. The zero-order valence-corrected chi connectivity index (χ0v) is 13.9. The molecule has 4 rings (SSSR count). The first-order chi connectivity index (χ1) is 12.8. The Bertz CT molecular complexity index is 1080. The van der Waals surface area contributed by atoms with Crippen molar-refractivity contribution in [1.29, 1.82) is 0 Å². The summed E-state index contributed by atoms with van der Waals surface area (Å²) in [5.74, 6) is -0.253. The molecule has 5 nitrogen and oxygen atoms in total. The molecular formula is C21H16N4O. The molecule has 0 atom stereocenters. The average Bonchev–Trinajstić information content (AvgIpc) is 3.17. The Labute approximate surface area is 150 Å². The minimum absolute atomic E-state index is 0.253. The van der Waals surface area contributed by atoms with Gasteiger partial charge in [-0.2, -0.15) is 10.2 Å². The molecule has 0 unspecified atom stereocenters. The fourth-order valence-electron chi connectivity index (χ4n) is 2.78. The predicted octanol–water partition coefficient (Wildman–Crippen LogP) is 3.99.